The van der Waals surface area contributed by atoms with E-state index in [-0.39, 0.29) is 6.71 Å². The van der Waals surface area contributed by atoms with Gasteiger partial charge in [0.2, 0.25) is 0 Å². The molecule has 6 heteroatoms. The molecule has 0 atom stereocenters. The Hall–Kier alpha value is -8.35. The molecule has 2 aliphatic rings. The number of aryl methyl sites for hydroxylation is 2. The second-order valence-corrected chi connectivity index (χ2v) is 19.0. The van der Waals surface area contributed by atoms with Crippen LogP contribution in [-0.4, -0.2) is 21.7 Å². The quantitative estimate of drug-likeness (QED) is 0.108. The summed E-state index contributed by atoms with van der Waals surface area (Å²) in [7, 11) is 0. The van der Waals surface area contributed by atoms with Gasteiger partial charge in [0.05, 0.1) is 0 Å². The number of hydrogen-bond acceptors (Lipinski definition) is 5. The van der Waals surface area contributed by atoms with Crippen molar-refractivity contribution >= 4 is 57.2 Å². The Kier molecular flexibility index (Phi) is 11.9. The van der Waals surface area contributed by atoms with E-state index < -0.39 is 0 Å². The first-order valence-electron chi connectivity index (χ1n) is 25.3. The average Bonchev–Trinajstić information content (AvgIpc) is 3.44. The van der Waals surface area contributed by atoms with Crippen LogP contribution < -0.4 is 26.2 Å². The molecule has 3 heterocycles. The number of rotatable bonds is 13. The molecular formula is C65H54BN5. The second-order valence-electron chi connectivity index (χ2n) is 19.0. The highest BCUT2D eigenvalue weighted by Gasteiger charge is 2.44. The third-order valence-corrected chi connectivity index (χ3v) is 14.4. The van der Waals surface area contributed by atoms with Gasteiger partial charge in [-0.2, -0.15) is 0 Å². The summed E-state index contributed by atoms with van der Waals surface area (Å²) in [6.07, 6.45) is 9.76. The molecule has 0 fully saturated rings. The van der Waals surface area contributed by atoms with Crippen molar-refractivity contribution < 1.29 is 0 Å². The van der Waals surface area contributed by atoms with Crippen LogP contribution in [0.25, 0.3) is 55.9 Å². The van der Waals surface area contributed by atoms with Gasteiger partial charge in [-0.05, 0) is 158 Å². The highest BCUT2D eigenvalue weighted by atomic mass is 15.2. The Morgan fingerprint density at radius 1 is 0.366 bits per heavy atom. The molecule has 0 saturated heterocycles. The fourth-order valence-electron chi connectivity index (χ4n) is 10.9. The SMILES string of the molecule is CCCCc1ccc2c(c1)N(c1cc(-c3ccccc3)cc(-c3ccccc3)c1)c1cc(-c3ncncn3)cc3c1B2c1ccc(CCCC)cc1N3c1cc(-c2ccccc2)cc(-c2ccccc2)c1. The number of nitrogens with zero attached hydrogens (tertiary/aromatic N) is 5. The summed E-state index contributed by atoms with van der Waals surface area (Å²) in [5, 5.41) is 0. The van der Waals surface area contributed by atoms with Crippen LogP contribution in [0.4, 0.5) is 34.1 Å². The number of fused-ring (bicyclic) bond motifs is 4. The van der Waals surface area contributed by atoms with E-state index in [0.29, 0.717) is 5.82 Å². The van der Waals surface area contributed by atoms with Gasteiger partial charge < -0.3 is 9.80 Å². The van der Waals surface area contributed by atoms with E-state index in [1.54, 1.807) is 12.7 Å². The van der Waals surface area contributed by atoms with Crippen LogP contribution in [0.3, 0.4) is 0 Å². The molecule has 71 heavy (non-hydrogen) atoms. The highest BCUT2D eigenvalue weighted by Crippen LogP contribution is 2.48. The van der Waals surface area contributed by atoms with E-state index in [1.807, 2.05) is 0 Å². The molecular weight excluding hydrogens is 862 g/mol. The maximum absolute atomic E-state index is 4.85. The fourth-order valence-corrected chi connectivity index (χ4v) is 10.9. The molecule has 342 valence electrons. The third-order valence-electron chi connectivity index (χ3n) is 14.4. The van der Waals surface area contributed by atoms with Gasteiger partial charge in [-0.15, -0.1) is 0 Å². The van der Waals surface area contributed by atoms with Crippen LogP contribution >= 0.6 is 0 Å². The molecule has 12 rings (SSSR count). The van der Waals surface area contributed by atoms with Crippen LogP contribution in [-0.2, 0) is 12.8 Å². The summed E-state index contributed by atoms with van der Waals surface area (Å²) < 4.78 is 0. The third kappa shape index (κ3) is 8.40. The summed E-state index contributed by atoms with van der Waals surface area (Å²) in [5.41, 5.74) is 23.6. The lowest BCUT2D eigenvalue weighted by Crippen LogP contribution is -2.61. The minimum atomic E-state index is -0.0536. The van der Waals surface area contributed by atoms with Crippen LogP contribution in [0.5, 0.6) is 0 Å². The molecule has 0 amide bonds. The zero-order valence-electron chi connectivity index (χ0n) is 40.3. The van der Waals surface area contributed by atoms with Gasteiger partial charge in [0.25, 0.3) is 6.71 Å². The fraction of sp³-hybridized carbons (Fsp3) is 0.123. The molecule has 0 N–H and O–H groups in total. The summed E-state index contributed by atoms with van der Waals surface area (Å²) in [4.78, 5) is 19.1. The predicted molar refractivity (Wildman–Crippen MR) is 298 cm³/mol. The van der Waals surface area contributed by atoms with E-state index in [4.69, 9.17) is 9.97 Å². The standard InChI is InChI=1S/C65H54BN5/c1-3-5-19-45-29-31-58-60(33-45)70(56-37-51(47-21-11-7-12-22-47)35-52(38-56)48-23-13-8-14-24-48)62-41-55(65-68-43-67-44-69-65)42-63-64(62)66(58)59-32-30-46(20-6-4-2)34-61(59)71(63)57-39-53(49-25-15-9-16-26-49)36-54(40-57)50-27-17-10-18-28-50/h7-18,21-44H,3-6,19-20H2,1-2H3. The Balaban J connectivity index is 1.19. The molecule has 9 aromatic carbocycles. The van der Waals surface area contributed by atoms with E-state index >= 15 is 0 Å². The Morgan fingerprint density at radius 3 is 1.11 bits per heavy atom. The Morgan fingerprint density at radius 2 is 0.746 bits per heavy atom. The topological polar surface area (TPSA) is 45.2 Å². The smallest absolute Gasteiger partial charge is 0.252 e. The van der Waals surface area contributed by atoms with Crippen LogP contribution in [0, 0.1) is 0 Å². The van der Waals surface area contributed by atoms with E-state index in [1.165, 1.54) is 61.1 Å². The van der Waals surface area contributed by atoms with E-state index in [2.05, 4.69) is 235 Å². The second kappa shape index (κ2) is 19.2. The molecule has 2 aliphatic heterocycles. The normalized spacial score (nSPS) is 12.3. The molecule has 0 spiro atoms. The van der Waals surface area contributed by atoms with Crippen molar-refractivity contribution in [2.45, 2.75) is 52.4 Å². The van der Waals surface area contributed by atoms with Gasteiger partial charge in [0.1, 0.15) is 12.7 Å². The lowest BCUT2D eigenvalue weighted by atomic mass is 9.33. The molecule has 0 saturated carbocycles. The monoisotopic (exact) mass is 915 g/mol. The molecule has 1 aromatic heterocycles. The van der Waals surface area contributed by atoms with Crippen LogP contribution in [0.1, 0.15) is 50.7 Å². The number of anilines is 6. The van der Waals surface area contributed by atoms with Crippen molar-refractivity contribution in [3.8, 4) is 55.9 Å². The van der Waals surface area contributed by atoms with Crippen molar-refractivity contribution in [3.05, 3.63) is 230 Å². The average molecular weight is 916 g/mol. The van der Waals surface area contributed by atoms with Gasteiger partial charge >= 0.3 is 0 Å². The molecule has 0 aliphatic carbocycles. The Labute approximate surface area is 418 Å². The largest absolute Gasteiger partial charge is 0.311 e. The van der Waals surface area contributed by atoms with E-state index in [9.17, 15) is 0 Å². The van der Waals surface area contributed by atoms with Crippen molar-refractivity contribution in [2.24, 2.45) is 0 Å². The molecule has 10 aromatic rings. The van der Waals surface area contributed by atoms with Gasteiger partial charge in [-0.1, -0.05) is 172 Å². The first kappa shape index (κ1) is 43.9. The summed E-state index contributed by atoms with van der Waals surface area (Å²) >= 11 is 0. The Bertz CT molecular complexity index is 3180. The van der Waals surface area contributed by atoms with Gasteiger partial charge in [0.15, 0.2) is 5.82 Å². The minimum absolute atomic E-state index is 0.0536. The van der Waals surface area contributed by atoms with Crippen molar-refractivity contribution in [1.82, 2.24) is 15.0 Å². The maximum Gasteiger partial charge on any atom is 0.252 e. The number of aromatic nitrogens is 3. The maximum atomic E-state index is 4.85. The first-order chi connectivity index (χ1) is 35.1. The summed E-state index contributed by atoms with van der Waals surface area (Å²) in [6.45, 7) is 4.51. The zero-order chi connectivity index (χ0) is 47.7. The molecule has 0 bridgehead atoms. The van der Waals surface area contributed by atoms with Gasteiger partial charge in [0, 0.05) is 39.7 Å². The number of unbranched alkanes of at least 4 members (excludes halogenated alkanes) is 2. The van der Waals surface area contributed by atoms with Crippen molar-refractivity contribution in [1.29, 1.82) is 0 Å². The van der Waals surface area contributed by atoms with Crippen molar-refractivity contribution in [2.75, 3.05) is 9.80 Å². The zero-order valence-corrected chi connectivity index (χ0v) is 40.3. The summed E-state index contributed by atoms with van der Waals surface area (Å²) in [6, 6.07) is 76.8. The lowest BCUT2D eigenvalue weighted by Gasteiger charge is -2.45. The minimum Gasteiger partial charge on any atom is -0.311 e. The van der Waals surface area contributed by atoms with Gasteiger partial charge in [-0.3, -0.25) is 0 Å². The highest BCUT2D eigenvalue weighted by molar-refractivity contribution is 7.00. The molecule has 0 unspecified atom stereocenters. The molecule has 0 radical (unpaired) electrons. The van der Waals surface area contributed by atoms with Gasteiger partial charge in [-0.25, -0.2) is 15.0 Å². The van der Waals surface area contributed by atoms with E-state index in [0.717, 1.165) is 89.1 Å². The van der Waals surface area contributed by atoms with Crippen LogP contribution in [0.15, 0.2) is 219 Å². The predicted octanol–water partition coefficient (Wildman–Crippen LogP) is 15.0. The van der Waals surface area contributed by atoms with Crippen molar-refractivity contribution in [3.63, 3.8) is 0 Å². The van der Waals surface area contributed by atoms with Crippen LogP contribution in [0.2, 0.25) is 0 Å². The molecule has 5 nitrogen and oxygen atoms in total. The lowest BCUT2D eigenvalue weighted by molar-refractivity contribution is 0.795. The number of benzene rings is 9. The summed E-state index contributed by atoms with van der Waals surface area (Å²) in [5.74, 6) is 0.631. The number of hydrogen-bond donors (Lipinski definition) is 0. The first-order valence-corrected chi connectivity index (χ1v) is 25.3.